The Morgan fingerprint density at radius 3 is 2.54 bits per heavy atom. The number of thioether (sulfide) groups is 1. The molecule has 0 saturated heterocycles. The van der Waals surface area contributed by atoms with Gasteiger partial charge in [-0.05, 0) is 36.4 Å². The van der Waals surface area contributed by atoms with Crippen LogP contribution in [0.4, 0.5) is 5.82 Å². The number of ether oxygens (including phenoxy) is 1. The predicted octanol–water partition coefficient (Wildman–Crippen LogP) is 5.91. The summed E-state index contributed by atoms with van der Waals surface area (Å²) in [4.78, 5) is 13.0. The molecule has 1 N–H and O–H groups in total. The van der Waals surface area contributed by atoms with E-state index in [-0.39, 0.29) is 23.7 Å². The minimum atomic E-state index is -0.172. The van der Waals surface area contributed by atoms with E-state index in [1.807, 2.05) is 41.0 Å². The van der Waals surface area contributed by atoms with E-state index < -0.39 is 0 Å². The number of aromatic nitrogens is 5. The van der Waals surface area contributed by atoms with Gasteiger partial charge in [0.2, 0.25) is 5.91 Å². The first-order valence-corrected chi connectivity index (χ1v) is 13.1. The zero-order chi connectivity index (χ0) is 26.4. The number of carbonyl (C=O) groups excluding carboxylic acids is 1. The first kappa shape index (κ1) is 26.5. The third-order valence-corrected chi connectivity index (χ3v) is 6.58. The van der Waals surface area contributed by atoms with Crippen molar-refractivity contribution < 1.29 is 9.53 Å². The van der Waals surface area contributed by atoms with Crippen molar-refractivity contribution in [2.24, 2.45) is 0 Å². The molecule has 192 valence electrons. The van der Waals surface area contributed by atoms with Gasteiger partial charge in [-0.15, -0.1) is 16.8 Å². The number of carbonyl (C=O) groups is 1. The summed E-state index contributed by atoms with van der Waals surface area (Å²) < 4.78 is 9.46. The maximum Gasteiger partial charge on any atom is 0.236 e. The maximum atomic E-state index is 13.0. The highest BCUT2D eigenvalue weighted by Crippen LogP contribution is 2.27. The highest BCUT2D eigenvalue weighted by atomic mass is 35.5. The van der Waals surface area contributed by atoms with Crippen molar-refractivity contribution >= 4 is 35.1 Å². The second-order valence-corrected chi connectivity index (χ2v) is 10.7. The molecular weight excluding hydrogens is 508 g/mol. The second kappa shape index (κ2) is 11.7. The molecule has 0 saturated carbocycles. The van der Waals surface area contributed by atoms with Crippen molar-refractivity contribution in [2.75, 3.05) is 11.1 Å². The van der Waals surface area contributed by atoms with Crippen molar-refractivity contribution in [1.82, 2.24) is 24.5 Å². The Balaban J connectivity index is 1.45. The van der Waals surface area contributed by atoms with Crippen LogP contribution in [0.2, 0.25) is 5.02 Å². The van der Waals surface area contributed by atoms with Gasteiger partial charge in [0, 0.05) is 23.0 Å². The van der Waals surface area contributed by atoms with Gasteiger partial charge < -0.3 is 10.1 Å². The van der Waals surface area contributed by atoms with Gasteiger partial charge in [-0.3, -0.25) is 9.36 Å². The van der Waals surface area contributed by atoms with Crippen LogP contribution >= 0.6 is 23.4 Å². The van der Waals surface area contributed by atoms with Crippen molar-refractivity contribution in [1.29, 1.82) is 0 Å². The van der Waals surface area contributed by atoms with Gasteiger partial charge in [0.1, 0.15) is 18.2 Å². The highest BCUT2D eigenvalue weighted by Gasteiger charge is 2.22. The van der Waals surface area contributed by atoms with Crippen LogP contribution < -0.4 is 10.1 Å². The monoisotopic (exact) mass is 536 g/mol. The fourth-order valence-corrected chi connectivity index (χ4v) is 4.33. The molecule has 2 aromatic heterocycles. The van der Waals surface area contributed by atoms with E-state index >= 15 is 0 Å². The summed E-state index contributed by atoms with van der Waals surface area (Å²) in [6, 6.07) is 18.8. The summed E-state index contributed by atoms with van der Waals surface area (Å²) >= 11 is 7.24. The Morgan fingerprint density at radius 1 is 1.14 bits per heavy atom. The molecular formula is C27H29ClN6O2S. The predicted molar refractivity (Wildman–Crippen MR) is 148 cm³/mol. The standard InChI is InChI=1S/C27H29ClN6O2S/c1-5-15-33-24(17-36-21-13-11-19(28)12-14-21)30-31-26(33)37-18-25(35)29-23-16-22(27(2,3)4)32-34(23)20-9-7-6-8-10-20/h5-14,16H,1,15,17-18H2,2-4H3,(H,29,35). The third-order valence-electron chi connectivity index (χ3n) is 5.37. The molecule has 0 aliphatic rings. The van der Waals surface area contributed by atoms with E-state index in [9.17, 15) is 4.79 Å². The molecule has 8 nitrogen and oxygen atoms in total. The van der Waals surface area contributed by atoms with Crippen LogP contribution in [0.5, 0.6) is 5.75 Å². The van der Waals surface area contributed by atoms with Crippen LogP contribution in [0.1, 0.15) is 32.3 Å². The average molecular weight is 537 g/mol. The summed E-state index contributed by atoms with van der Waals surface area (Å²) in [5, 5.41) is 17.5. The lowest BCUT2D eigenvalue weighted by Crippen LogP contribution is -2.17. The number of halogens is 1. The third kappa shape index (κ3) is 6.81. The number of hydrogen-bond donors (Lipinski definition) is 1. The first-order chi connectivity index (χ1) is 17.7. The Kier molecular flexibility index (Phi) is 8.35. The molecule has 0 spiro atoms. The molecule has 2 aromatic carbocycles. The molecule has 0 radical (unpaired) electrons. The molecule has 0 bridgehead atoms. The van der Waals surface area contributed by atoms with Gasteiger partial charge in [0.15, 0.2) is 11.0 Å². The summed E-state index contributed by atoms with van der Waals surface area (Å²) in [5.74, 6) is 1.91. The highest BCUT2D eigenvalue weighted by molar-refractivity contribution is 7.99. The summed E-state index contributed by atoms with van der Waals surface area (Å²) in [6.07, 6.45) is 1.76. The Morgan fingerprint density at radius 2 is 1.86 bits per heavy atom. The van der Waals surface area contributed by atoms with E-state index in [0.29, 0.717) is 34.1 Å². The van der Waals surface area contributed by atoms with Crippen LogP contribution in [0, 0.1) is 0 Å². The molecule has 0 unspecified atom stereocenters. The van der Waals surface area contributed by atoms with Crippen LogP contribution in [-0.2, 0) is 23.4 Å². The van der Waals surface area contributed by atoms with Gasteiger partial charge in [-0.2, -0.15) is 5.10 Å². The Bertz CT molecular complexity index is 1360. The van der Waals surface area contributed by atoms with Crippen molar-refractivity contribution in [2.45, 2.75) is 44.5 Å². The molecule has 0 atom stereocenters. The zero-order valence-electron chi connectivity index (χ0n) is 21.0. The second-order valence-electron chi connectivity index (χ2n) is 9.29. The number of benzene rings is 2. The quantitative estimate of drug-likeness (QED) is 0.200. The van der Waals surface area contributed by atoms with Gasteiger partial charge in [-0.25, -0.2) is 4.68 Å². The number of amides is 1. The largest absolute Gasteiger partial charge is 0.486 e. The summed E-state index contributed by atoms with van der Waals surface area (Å²) in [7, 11) is 0. The number of nitrogens with one attached hydrogen (secondary N) is 1. The fraction of sp³-hybridized carbons (Fsp3) is 0.259. The minimum absolute atomic E-state index is 0.151. The molecule has 37 heavy (non-hydrogen) atoms. The average Bonchev–Trinajstić information content (AvgIpc) is 3.47. The van der Waals surface area contributed by atoms with Gasteiger partial charge in [0.05, 0.1) is 17.1 Å². The number of hydrogen-bond acceptors (Lipinski definition) is 6. The molecule has 0 aliphatic heterocycles. The first-order valence-electron chi connectivity index (χ1n) is 11.7. The molecule has 1 amide bonds. The number of allylic oxidation sites excluding steroid dienone is 1. The topological polar surface area (TPSA) is 86.9 Å². The van der Waals surface area contributed by atoms with Crippen LogP contribution in [0.25, 0.3) is 5.69 Å². The van der Waals surface area contributed by atoms with Crippen LogP contribution in [0.3, 0.4) is 0 Å². The van der Waals surface area contributed by atoms with Gasteiger partial charge in [-0.1, -0.05) is 68.4 Å². The zero-order valence-corrected chi connectivity index (χ0v) is 22.6. The lowest BCUT2D eigenvalue weighted by Gasteiger charge is -2.14. The van der Waals surface area contributed by atoms with Gasteiger partial charge >= 0.3 is 0 Å². The number of anilines is 1. The Hall–Kier alpha value is -3.56. The van der Waals surface area contributed by atoms with Gasteiger partial charge in [0.25, 0.3) is 0 Å². The van der Waals surface area contributed by atoms with E-state index in [4.69, 9.17) is 21.4 Å². The molecule has 4 rings (SSSR count). The van der Waals surface area contributed by atoms with Crippen LogP contribution in [0.15, 0.2) is 78.5 Å². The fourth-order valence-electron chi connectivity index (χ4n) is 3.44. The van der Waals surface area contributed by atoms with Crippen molar-refractivity contribution in [3.63, 3.8) is 0 Å². The van der Waals surface area contributed by atoms with E-state index in [1.165, 1.54) is 11.8 Å². The van der Waals surface area contributed by atoms with Crippen LogP contribution in [-0.4, -0.2) is 36.2 Å². The molecule has 2 heterocycles. The number of rotatable bonds is 10. The normalized spacial score (nSPS) is 11.4. The Labute approximate surface area is 225 Å². The smallest absolute Gasteiger partial charge is 0.236 e. The van der Waals surface area contributed by atoms with Crippen molar-refractivity contribution in [3.8, 4) is 11.4 Å². The van der Waals surface area contributed by atoms with E-state index in [2.05, 4.69) is 42.9 Å². The van der Waals surface area contributed by atoms with E-state index in [0.717, 1.165) is 11.4 Å². The summed E-state index contributed by atoms with van der Waals surface area (Å²) in [6.45, 7) is 10.8. The van der Waals surface area contributed by atoms with E-state index in [1.54, 1.807) is 35.0 Å². The molecule has 4 aromatic rings. The molecule has 0 aliphatic carbocycles. The molecule has 0 fully saturated rings. The summed E-state index contributed by atoms with van der Waals surface area (Å²) in [5.41, 5.74) is 1.59. The minimum Gasteiger partial charge on any atom is -0.486 e. The lowest BCUT2D eigenvalue weighted by molar-refractivity contribution is -0.113. The SMILES string of the molecule is C=CCn1c(COc2ccc(Cl)cc2)nnc1SCC(=O)Nc1cc(C(C)(C)C)nn1-c1ccccc1. The maximum absolute atomic E-state index is 13.0. The van der Waals surface area contributed by atoms with Crippen molar-refractivity contribution in [3.05, 3.63) is 89.9 Å². The number of nitrogens with zero attached hydrogens (tertiary/aromatic N) is 5. The number of para-hydroxylation sites is 1. The molecule has 10 heteroatoms. The lowest BCUT2D eigenvalue weighted by atomic mass is 9.92.